The van der Waals surface area contributed by atoms with E-state index in [1.807, 2.05) is 6.92 Å². The fraction of sp³-hybridized carbons (Fsp3) is 0.833. The minimum absolute atomic E-state index is 0.0450. The lowest BCUT2D eigenvalue weighted by atomic mass is 9.97. The summed E-state index contributed by atoms with van der Waals surface area (Å²) in [6, 6.07) is 0. The Morgan fingerprint density at radius 2 is 2.06 bits per heavy atom. The van der Waals surface area contributed by atoms with Crippen LogP contribution in [0.15, 0.2) is 0 Å². The summed E-state index contributed by atoms with van der Waals surface area (Å²) in [7, 11) is 0. The zero-order valence-corrected chi connectivity index (χ0v) is 12.4. The van der Waals surface area contributed by atoms with Gasteiger partial charge >= 0.3 is 5.97 Å². The van der Waals surface area contributed by atoms with Crippen LogP contribution < -0.4 is 5.73 Å². The van der Waals surface area contributed by atoms with Gasteiger partial charge in [0.2, 0.25) is 0 Å². The second-order valence-corrected chi connectivity index (χ2v) is 5.74. The van der Waals surface area contributed by atoms with Crippen molar-refractivity contribution in [3.05, 3.63) is 0 Å². The van der Waals surface area contributed by atoms with Crippen LogP contribution in [-0.2, 0) is 9.53 Å². The Labute approximate surface area is 114 Å². The number of thioether (sulfide) groups is 1. The first kappa shape index (κ1) is 16.7. The molecule has 0 aromatic heterocycles. The zero-order chi connectivity index (χ0) is 13.1. The maximum atomic E-state index is 11.6. The first-order chi connectivity index (χ1) is 8.11. The van der Waals surface area contributed by atoms with Crippen molar-refractivity contribution in [2.24, 2.45) is 11.7 Å². The zero-order valence-electron chi connectivity index (χ0n) is 10.7. The highest BCUT2D eigenvalue weighted by molar-refractivity contribution is 8.22. The second kappa shape index (κ2) is 10.8. The van der Waals surface area contributed by atoms with Crippen LogP contribution in [0.1, 0.15) is 46.0 Å². The largest absolute Gasteiger partial charge is 0.466 e. The van der Waals surface area contributed by atoms with Crippen molar-refractivity contribution in [2.45, 2.75) is 46.0 Å². The molecule has 0 saturated heterocycles. The van der Waals surface area contributed by atoms with Crippen molar-refractivity contribution in [3.63, 3.8) is 0 Å². The topological polar surface area (TPSA) is 52.3 Å². The molecular weight excluding hydrogens is 254 g/mol. The summed E-state index contributed by atoms with van der Waals surface area (Å²) in [5.74, 6) is 0.961. The molecule has 5 heteroatoms. The van der Waals surface area contributed by atoms with Gasteiger partial charge in [0, 0.05) is 5.75 Å². The molecule has 100 valence electrons. The quantitative estimate of drug-likeness (QED) is 0.399. The molecule has 3 nitrogen and oxygen atoms in total. The highest BCUT2D eigenvalue weighted by atomic mass is 32.2. The van der Waals surface area contributed by atoms with Crippen molar-refractivity contribution < 1.29 is 9.53 Å². The van der Waals surface area contributed by atoms with Crippen LogP contribution in [0.3, 0.4) is 0 Å². The van der Waals surface area contributed by atoms with Crippen LogP contribution in [0.25, 0.3) is 0 Å². The third-order valence-corrected chi connectivity index (χ3v) is 3.58. The lowest BCUT2D eigenvalue weighted by Gasteiger charge is -2.14. The van der Waals surface area contributed by atoms with Crippen molar-refractivity contribution in [1.29, 1.82) is 0 Å². The highest BCUT2D eigenvalue weighted by Gasteiger charge is 2.17. The molecule has 0 aliphatic heterocycles. The van der Waals surface area contributed by atoms with E-state index in [0.717, 1.165) is 37.9 Å². The van der Waals surface area contributed by atoms with Crippen LogP contribution >= 0.6 is 24.0 Å². The van der Waals surface area contributed by atoms with Gasteiger partial charge in [-0.3, -0.25) is 4.79 Å². The number of carbonyl (C=O) groups is 1. The Bertz CT molecular complexity index is 235. The molecule has 17 heavy (non-hydrogen) atoms. The number of ether oxygens (including phenoxy) is 1. The Kier molecular flexibility index (Phi) is 10.7. The standard InChI is InChI=1S/C12H23NO2S2/c1-3-7-10(11(14)15-4-2)8-5-6-9-17-12(13)16/h10H,3-9H2,1-2H3,(H2,13,16). The third kappa shape index (κ3) is 9.41. The van der Waals surface area contributed by atoms with Gasteiger partial charge < -0.3 is 10.5 Å². The summed E-state index contributed by atoms with van der Waals surface area (Å²) in [6.45, 7) is 4.41. The van der Waals surface area contributed by atoms with Gasteiger partial charge in [-0.15, -0.1) is 0 Å². The highest BCUT2D eigenvalue weighted by Crippen LogP contribution is 2.18. The van der Waals surface area contributed by atoms with Gasteiger partial charge in [0.1, 0.15) is 4.32 Å². The second-order valence-electron chi connectivity index (χ2n) is 3.90. The number of rotatable bonds is 9. The van der Waals surface area contributed by atoms with Gasteiger partial charge in [-0.05, 0) is 26.2 Å². The molecule has 0 spiro atoms. The number of esters is 1. The molecule has 1 atom stereocenters. The van der Waals surface area contributed by atoms with Gasteiger partial charge in [0.15, 0.2) is 0 Å². The van der Waals surface area contributed by atoms with Gasteiger partial charge in [0.05, 0.1) is 12.5 Å². The van der Waals surface area contributed by atoms with E-state index in [9.17, 15) is 4.79 Å². The first-order valence-electron chi connectivity index (χ1n) is 6.20. The van der Waals surface area contributed by atoms with Crippen molar-refractivity contribution >= 4 is 34.3 Å². The molecular formula is C12H23NO2S2. The smallest absolute Gasteiger partial charge is 0.308 e. The van der Waals surface area contributed by atoms with Crippen LogP contribution in [0.2, 0.25) is 0 Å². The Hall–Kier alpha value is -0.290. The molecule has 0 fully saturated rings. The van der Waals surface area contributed by atoms with Gasteiger partial charge in [0.25, 0.3) is 0 Å². The molecule has 0 aliphatic rings. The first-order valence-corrected chi connectivity index (χ1v) is 7.60. The maximum absolute atomic E-state index is 11.6. The molecule has 0 saturated carbocycles. The van der Waals surface area contributed by atoms with E-state index in [0.29, 0.717) is 10.9 Å². The lowest BCUT2D eigenvalue weighted by Crippen LogP contribution is -2.17. The third-order valence-electron chi connectivity index (χ3n) is 2.45. The monoisotopic (exact) mass is 277 g/mol. The van der Waals surface area contributed by atoms with E-state index >= 15 is 0 Å². The summed E-state index contributed by atoms with van der Waals surface area (Å²) in [5.41, 5.74) is 5.39. The van der Waals surface area contributed by atoms with Crippen LogP contribution in [0, 0.1) is 5.92 Å². The van der Waals surface area contributed by atoms with E-state index in [1.54, 1.807) is 0 Å². The SMILES string of the molecule is CCCC(CCCCSC(N)=S)C(=O)OCC. The molecule has 2 N–H and O–H groups in total. The average Bonchev–Trinajstić information content (AvgIpc) is 2.27. The minimum Gasteiger partial charge on any atom is -0.466 e. The molecule has 0 bridgehead atoms. The maximum Gasteiger partial charge on any atom is 0.308 e. The van der Waals surface area contributed by atoms with E-state index in [-0.39, 0.29) is 11.9 Å². The summed E-state index contributed by atoms with van der Waals surface area (Å²) >= 11 is 6.29. The van der Waals surface area contributed by atoms with E-state index in [1.165, 1.54) is 11.8 Å². The van der Waals surface area contributed by atoms with Crippen molar-refractivity contribution in [2.75, 3.05) is 12.4 Å². The molecule has 0 aliphatic carbocycles. The molecule has 0 rings (SSSR count). The number of thiocarbonyl (C=S) groups is 1. The summed E-state index contributed by atoms with van der Waals surface area (Å²) in [4.78, 5) is 11.6. The van der Waals surface area contributed by atoms with Crippen LogP contribution in [0.4, 0.5) is 0 Å². The summed E-state index contributed by atoms with van der Waals surface area (Å²) < 4.78 is 5.57. The van der Waals surface area contributed by atoms with Crippen molar-refractivity contribution in [3.8, 4) is 0 Å². The number of nitrogens with two attached hydrogens (primary N) is 1. The number of carbonyl (C=O) groups excluding carboxylic acids is 1. The normalized spacial score (nSPS) is 12.1. The van der Waals surface area contributed by atoms with Gasteiger partial charge in [-0.1, -0.05) is 43.7 Å². The molecule has 0 aromatic carbocycles. The predicted molar refractivity (Wildman–Crippen MR) is 78.1 cm³/mol. The average molecular weight is 277 g/mol. The fourth-order valence-corrected chi connectivity index (χ4v) is 2.45. The number of hydrogen-bond donors (Lipinski definition) is 1. The van der Waals surface area contributed by atoms with E-state index < -0.39 is 0 Å². The summed E-state index contributed by atoms with van der Waals surface area (Å²) in [5, 5.41) is 0. The summed E-state index contributed by atoms with van der Waals surface area (Å²) in [6.07, 6.45) is 4.91. The van der Waals surface area contributed by atoms with Crippen molar-refractivity contribution in [1.82, 2.24) is 0 Å². The van der Waals surface area contributed by atoms with Crippen LogP contribution in [0.5, 0.6) is 0 Å². The Balaban J connectivity index is 3.76. The fourth-order valence-electron chi connectivity index (χ4n) is 1.65. The van der Waals surface area contributed by atoms with E-state index in [4.69, 9.17) is 22.7 Å². The lowest BCUT2D eigenvalue weighted by molar-refractivity contribution is -0.148. The molecule has 1 unspecified atom stereocenters. The predicted octanol–water partition coefficient (Wildman–Crippen LogP) is 3.11. The van der Waals surface area contributed by atoms with Gasteiger partial charge in [-0.2, -0.15) is 0 Å². The van der Waals surface area contributed by atoms with Gasteiger partial charge in [-0.25, -0.2) is 0 Å². The number of unbranched alkanes of at least 4 members (excludes halogenated alkanes) is 1. The van der Waals surface area contributed by atoms with E-state index in [2.05, 4.69) is 6.92 Å². The molecule has 0 aromatic rings. The molecule has 0 amide bonds. The minimum atomic E-state index is -0.0450. The van der Waals surface area contributed by atoms with Crippen LogP contribution in [-0.4, -0.2) is 22.6 Å². The molecule has 0 radical (unpaired) electrons. The molecule has 0 heterocycles. The Morgan fingerprint density at radius 1 is 1.35 bits per heavy atom. The Morgan fingerprint density at radius 3 is 2.59 bits per heavy atom. The number of hydrogen-bond acceptors (Lipinski definition) is 4.